The number of hydrogen-bond donors (Lipinski definition) is 1. The van der Waals surface area contributed by atoms with E-state index in [-0.39, 0.29) is 11.5 Å². The van der Waals surface area contributed by atoms with E-state index in [1.54, 1.807) is 23.1 Å². The van der Waals surface area contributed by atoms with Gasteiger partial charge in [0.05, 0.1) is 12.1 Å². The topological polar surface area (TPSA) is 57.6 Å². The quantitative estimate of drug-likeness (QED) is 0.946. The van der Waals surface area contributed by atoms with E-state index in [0.29, 0.717) is 19.4 Å². The number of anilines is 1. The maximum atomic E-state index is 12.3. The molecule has 1 heterocycles. The first-order valence-corrected chi connectivity index (χ1v) is 7.27. The van der Waals surface area contributed by atoms with Crippen molar-refractivity contribution in [2.75, 3.05) is 4.90 Å². The van der Waals surface area contributed by atoms with Gasteiger partial charge in [0.2, 0.25) is 5.91 Å². The Kier molecular flexibility index (Phi) is 3.67. The Labute approximate surface area is 129 Å². The summed E-state index contributed by atoms with van der Waals surface area (Å²) in [6.07, 6.45) is 1.02. The molecule has 0 radical (unpaired) electrons. The number of carboxylic acids is 1. The van der Waals surface area contributed by atoms with Gasteiger partial charge in [-0.15, -0.1) is 0 Å². The lowest BCUT2D eigenvalue weighted by Gasteiger charge is -2.30. The van der Waals surface area contributed by atoms with Crippen LogP contribution < -0.4 is 4.90 Å². The molecule has 1 N–H and O–H groups in total. The first-order valence-electron chi connectivity index (χ1n) is 7.27. The smallest absolute Gasteiger partial charge is 0.335 e. The van der Waals surface area contributed by atoms with Crippen LogP contribution in [0.25, 0.3) is 0 Å². The molecule has 112 valence electrons. The lowest BCUT2D eigenvalue weighted by molar-refractivity contribution is -0.119. The van der Waals surface area contributed by atoms with E-state index in [4.69, 9.17) is 5.11 Å². The number of carbonyl (C=O) groups is 2. The van der Waals surface area contributed by atoms with Gasteiger partial charge in [0, 0.05) is 12.1 Å². The van der Waals surface area contributed by atoms with Gasteiger partial charge in [-0.05, 0) is 42.7 Å². The summed E-state index contributed by atoms with van der Waals surface area (Å²) in [4.78, 5) is 25.1. The fraction of sp³-hybridized carbons (Fsp3) is 0.222. The normalized spacial score (nSPS) is 13.9. The van der Waals surface area contributed by atoms with Crippen LogP contribution in [0.5, 0.6) is 0 Å². The van der Waals surface area contributed by atoms with Gasteiger partial charge in [0.15, 0.2) is 0 Å². The summed E-state index contributed by atoms with van der Waals surface area (Å²) in [6.45, 7) is 2.54. The first-order chi connectivity index (χ1) is 10.5. The number of fused-ring (bicyclic) bond motifs is 1. The van der Waals surface area contributed by atoms with Gasteiger partial charge in [0.1, 0.15) is 0 Å². The molecule has 3 rings (SSSR count). The summed E-state index contributed by atoms with van der Waals surface area (Å²) in [5.41, 5.74) is 4.24. The van der Waals surface area contributed by atoms with Crippen molar-refractivity contribution in [3.05, 3.63) is 64.7 Å². The van der Waals surface area contributed by atoms with E-state index >= 15 is 0 Å². The second kappa shape index (κ2) is 5.64. The highest BCUT2D eigenvalue weighted by Crippen LogP contribution is 2.30. The highest BCUT2D eigenvalue weighted by Gasteiger charge is 2.25. The van der Waals surface area contributed by atoms with Crippen LogP contribution in [0.1, 0.15) is 33.5 Å². The third-order valence-electron chi connectivity index (χ3n) is 3.95. The highest BCUT2D eigenvalue weighted by molar-refractivity contribution is 5.97. The van der Waals surface area contributed by atoms with E-state index in [2.05, 4.69) is 6.07 Å². The van der Waals surface area contributed by atoms with Gasteiger partial charge in [-0.2, -0.15) is 0 Å². The Bertz CT molecular complexity index is 752. The van der Waals surface area contributed by atoms with Crippen molar-refractivity contribution < 1.29 is 14.7 Å². The minimum absolute atomic E-state index is 0.0806. The van der Waals surface area contributed by atoms with Crippen molar-refractivity contribution in [3.63, 3.8) is 0 Å². The maximum Gasteiger partial charge on any atom is 0.335 e. The van der Waals surface area contributed by atoms with E-state index in [9.17, 15) is 9.59 Å². The number of benzene rings is 2. The molecule has 0 atom stereocenters. The molecule has 0 bridgehead atoms. The van der Waals surface area contributed by atoms with Gasteiger partial charge in [-0.25, -0.2) is 4.79 Å². The molecule has 0 saturated heterocycles. The van der Waals surface area contributed by atoms with Crippen LogP contribution >= 0.6 is 0 Å². The lowest BCUT2D eigenvalue weighted by Crippen LogP contribution is -2.34. The molecule has 0 aliphatic carbocycles. The zero-order chi connectivity index (χ0) is 15.7. The van der Waals surface area contributed by atoms with Crippen molar-refractivity contribution in [1.29, 1.82) is 0 Å². The molecule has 0 fully saturated rings. The molecular weight excluding hydrogens is 278 g/mol. The molecule has 22 heavy (non-hydrogen) atoms. The van der Waals surface area contributed by atoms with Crippen LogP contribution in [-0.4, -0.2) is 17.0 Å². The van der Waals surface area contributed by atoms with Crippen molar-refractivity contribution in [2.24, 2.45) is 0 Å². The van der Waals surface area contributed by atoms with Gasteiger partial charge < -0.3 is 10.0 Å². The van der Waals surface area contributed by atoms with Gasteiger partial charge in [-0.1, -0.05) is 29.8 Å². The highest BCUT2D eigenvalue weighted by atomic mass is 16.4. The number of nitrogens with zero attached hydrogens (tertiary/aromatic N) is 1. The summed E-state index contributed by atoms with van der Waals surface area (Å²) in [5, 5.41) is 9.09. The molecule has 0 saturated carbocycles. The molecular formula is C18H17NO3. The predicted molar refractivity (Wildman–Crippen MR) is 84.1 cm³/mol. The molecule has 2 aromatic carbocycles. The summed E-state index contributed by atoms with van der Waals surface area (Å²) in [7, 11) is 0. The Morgan fingerprint density at radius 1 is 1.18 bits per heavy atom. The monoisotopic (exact) mass is 295 g/mol. The third kappa shape index (κ3) is 2.72. The molecule has 1 aliphatic rings. The molecule has 2 aromatic rings. The second-order valence-electron chi connectivity index (χ2n) is 5.62. The van der Waals surface area contributed by atoms with Crippen LogP contribution in [0.2, 0.25) is 0 Å². The first kappa shape index (κ1) is 14.3. The van der Waals surface area contributed by atoms with E-state index in [1.807, 2.05) is 25.1 Å². The average Bonchev–Trinajstić information content (AvgIpc) is 2.49. The van der Waals surface area contributed by atoms with Crippen LogP contribution in [0.15, 0.2) is 42.5 Å². The standard InChI is InChI=1S/C18H17NO3/c1-12-3-2-4-13(9-12)11-19-16-7-5-15(18(21)22)10-14(16)6-8-17(19)20/h2-5,7,9-10H,6,8,11H2,1H3,(H,21,22). The van der Waals surface area contributed by atoms with Crippen LogP contribution in [0.3, 0.4) is 0 Å². The number of aryl methyl sites for hydroxylation is 2. The summed E-state index contributed by atoms with van der Waals surface area (Å²) >= 11 is 0. The number of rotatable bonds is 3. The minimum Gasteiger partial charge on any atom is -0.478 e. The SMILES string of the molecule is Cc1cccc(CN2C(=O)CCc3cc(C(=O)O)ccc32)c1. The molecule has 0 spiro atoms. The fourth-order valence-corrected chi connectivity index (χ4v) is 2.86. The van der Waals surface area contributed by atoms with Crippen molar-refractivity contribution in [2.45, 2.75) is 26.3 Å². The average molecular weight is 295 g/mol. The Morgan fingerprint density at radius 3 is 2.73 bits per heavy atom. The maximum absolute atomic E-state index is 12.3. The van der Waals surface area contributed by atoms with Crippen LogP contribution in [0, 0.1) is 6.92 Å². The number of amides is 1. The van der Waals surface area contributed by atoms with E-state index in [1.165, 1.54) is 0 Å². The summed E-state index contributed by atoms with van der Waals surface area (Å²) in [6, 6.07) is 13.0. The molecule has 4 nitrogen and oxygen atoms in total. The lowest BCUT2D eigenvalue weighted by atomic mass is 9.98. The van der Waals surface area contributed by atoms with Crippen molar-refractivity contribution in [1.82, 2.24) is 0 Å². The Balaban J connectivity index is 1.95. The van der Waals surface area contributed by atoms with Crippen molar-refractivity contribution in [3.8, 4) is 0 Å². The molecule has 0 unspecified atom stereocenters. The molecule has 0 aromatic heterocycles. The molecule has 4 heteroatoms. The van der Waals surface area contributed by atoms with E-state index in [0.717, 1.165) is 22.4 Å². The fourth-order valence-electron chi connectivity index (χ4n) is 2.86. The third-order valence-corrected chi connectivity index (χ3v) is 3.95. The molecule has 1 amide bonds. The summed E-state index contributed by atoms with van der Waals surface area (Å²) in [5.74, 6) is -0.859. The Morgan fingerprint density at radius 2 is 2.00 bits per heavy atom. The number of aromatic carboxylic acids is 1. The minimum atomic E-state index is -0.940. The van der Waals surface area contributed by atoms with Gasteiger partial charge >= 0.3 is 5.97 Å². The van der Waals surface area contributed by atoms with E-state index < -0.39 is 5.97 Å². The van der Waals surface area contributed by atoms with Crippen molar-refractivity contribution >= 4 is 17.6 Å². The van der Waals surface area contributed by atoms with Gasteiger partial charge in [-0.3, -0.25) is 4.79 Å². The summed E-state index contributed by atoms with van der Waals surface area (Å²) < 4.78 is 0. The zero-order valence-electron chi connectivity index (χ0n) is 12.4. The Hall–Kier alpha value is -2.62. The number of hydrogen-bond acceptors (Lipinski definition) is 2. The largest absolute Gasteiger partial charge is 0.478 e. The predicted octanol–water partition coefficient (Wildman–Crippen LogP) is 3.17. The number of carbonyl (C=O) groups excluding carboxylic acids is 1. The molecule has 1 aliphatic heterocycles. The number of carboxylic acid groups (broad SMARTS) is 1. The van der Waals surface area contributed by atoms with Crippen LogP contribution in [0.4, 0.5) is 5.69 Å². The van der Waals surface area contributed by atoms with Gasteiger partial charge in [0.25, 0.3) is 0 Å². The zero-order valence-corrected chi connectivity index (χ0v) is 12.4. The van der Waals surface area contributed by atoms with Crippen LogP contribution in [-0.2, 0) is 17.8 Å². The second-order valence-corrected chi connectivity index (χ2v) is 5.62.